The topological polar surface area (TPSA) is 0 Å². The van der Waals surface area contributed by atoms with Gasteiger partial charge in [0.25, 0.3) is 0 Å². The SMILES string of the molecule is C=C(c1ccccc1)c1cc(-c2cccc(-c3ccccc3C(Cc3ccccc3)c3ccc(-c4ccccc4)cc3)c2)ccc1C1C=CC=CC1C. The average molecular weight is 681 g/mol. The molecule has 256 valence electrons. The molecule has 0 spiro atoms. The van der Waals surface area contributed by atoms with Crippen molar-refractivity contribution in [3.8, 4) is 33.4 Å². The summed E-state index contributed by atoms with van der Waals surface area (Å²) in [5.74, 6) is 0.888. The summed E-state index contributed by atoms with van der Waals surface area (Å²) < 4.78 is 0. The van der Waals surface area contributed by atoms with Crippen molar-refractivity contribution in [2.24, 2.45) is 5.92 Å². The van der Waals surface area contributed by atoms with Crippen LogP contribution in [0.5, 0.6) is 0 Å². The molecule has 0 amide bonds. The van der Waals surface area contributed by atoms with Crippen molar-refractivity contribution in [3.05, 3.63) is 246 Å². The Morgan fingerprint density at radius 2 is 1.11 bits per heavy atom. The predicted molar refractivity (Wildman–Crippen MR) is 226 cm³/mol. The minimum Gasteiger partial charge on any atom is -0.0905 e. The highest BCUT2D eigenvalue weighted by Crippen LogP contribution is 2.41. The molecule has 3 unspecified atom stereocenters. The van der Waals surface area contributed by atoms with E-state index in [9.17, 15) is 0 Å². The third-order valence-corrected chi connectivity index (χ3v) is 10.8. The molecule has 0 radical (unpaired) electrons. The van der Waals surface area contributed by atoms with Crippen LogP contribution >= 0.6 is 0 Å². The maximum absolute atomic E-state index is 4.65. The molecule has 0 saturated carbocycles. The molecule has 1 aliphatic rings. The standard InChI is InChI=1S/C53H44/c1-38-17-12-13-26-48(38)51-34-33-46(37-52(51)39(2)41-20-8-4-9-21-41)45-24-16-25-47(36-45)49-27-14-15-28-50(49)53(35-40-18-6-3-7-19-40)44-31-29-43(30-32-44)42-22-10-5-11-23-42/h3-34,36-38,48,53H,2,35H2,1H3. The van der Waals surface area contributed by atoms with Gasteiger partial charge in [-0.05, 0) is 96.8 Å². The summed E-state index contributed by atoms with van der Waals surface area (Å²) in [4.78, 5) is 0. The lowest BCUT2D eigenvalue weighted by Crippen LogP contribution is -2.10. The molecule has 0 heterocycles. The first-order valence-electron chi connectivity index (χ1n) is 18.7. The molecule has 0 nitrogen and oxygen atoms in total. The smallest absolute Gasteiger partial charge is 0.0136 e. The molecule has 8 rings (SSSR count). The molecule has 7 aromatic carbocycles. The largest absolute Gasteiger partial charge is 0.0905 e. The summed E-state index contributed by atoms with van der Waals surface area (Å²) in [6, 6.07) is 66.4. The van der Waals surface area contributed by atoms with Crippen LogP contribution in [0.2, 0.25) is 0 Å². The predicted octanol–water partition coefficient (Wildman–Crippen LogP) is 14.0. The first kappa shape index (κ1) is 33.9. The molecular weight excluding hydrogens is 637 g/mol. The third kappa shape index (κ3) is 7.41. The zero-order chi connectivity index (χ0) is 36.0. The molecular formula is C53H44. The Bertz CT molecular complexity index is 2380. The van der Waals surface area contributed by atoms with Gasteiger partial charge < -0.3 is 0 Å². The summed E-state index contributed by atoms with van der Waals surface area (Å²) in [6.07, 6.45) is 9.89. The second-order valence-electron chi connectivity index (χ2n) is 14.2. The van der Waals surface area contributed by atoms with E-state index in [2.05, 4.69) is 220 Å². The molecule has 1 aliphatic carbocycles. The van der Waals surface area contributed by atoms with Crippen molar-refractivity contribution < 1.29 is 0 Å². The van der Waals surface area contributed by atoms with Crippen LogP contribution in [0, 0.1) is 5.92 Å². The zero-order valence-electron chi connectivity index (χ0n) is 30.3. The normalized spacial score (nSPS) is 15.6. The van der Waals surface area contributed by atoms with Crippen LogP contribution in [0.1, 0.15) is 52.1 Å². The molecule has 7 aromatic rings. The van der Waals surface area contributed by atoms with E-state index in [4.69, 9.17) is 0 Å². The van der Waals surface area contributed by atoms with E-state index in [-0.39, 0.29) is 5.92 Å². The van der Waals surface area contributed by atoms with Gasteiger partial charge in [-0.2, -0.15) is 0 Å². The van der Waals surface area contributed by atoms with Crippen molar-refractivity contribution in [1.29, 1.82) is 0 Å². The minimum absolute atomic E-state index is 0.182. The Labute approximate surface area is 315 Å². The molecule has 0 bridgehead atoms. The summed E-state index contributed by atoms with van der Waals surface area (Å²) in [5.41, 5.74) is 16.1. The Morgan fingerprint density at radius 1 is 0.528 bits per heavy atom. The number of allylic oxidation sites excluding steroid dienone is 4. The lowest BCUT2D eigenvalue weighted by molar-refractivity contribution is 0.634. The van der Waals surface area contributed by atoms with Crippen LogP contribution < -0.4 is 0 Å². The van der Waals surface area contributed by atoms with Crippen LogP contribution in [-0.2, 0) is 6.42 Å². The van der Waals surface area contributed by atoms with Gasteiger partial charge in [-0.25, -0.2) is 0 Å². The Kier molecular flexibility index (Phi) is 9.95. The molecule has 0 aliphatic heterocycles. The molecule has 0 heteroatoms. The second-order valence-corrected chi connectivity index (χ2v) is 14.2. The van der Waals surface area contributed by atoms with Crippen molar-refractivity contribution in [1.82, 2.24) is 0 Å². The first-order chi connectivity index (χ1) is 26.1. The van der Waals surface area contributed by atoms with E-state index in [1.165, 1.54) is 61.2 Å². The summed E-state index contributed by atoms with van der Waals surface area (Å²) in [5, 5.41) is 0. The van der Waals surface area contributed by atoms with Crippen LogP contribution in [0.25, 0.3) is 39.0 Å². The molecule has 3 atom stereocenters. The monoisotopic (exact) mass is 680 g/mol. The molecule has 0 N–H and O–H groups in total. The summed E-state index contributed by atoms with van der Waals surface area (Å²) in [6.45, 7) is 6.95. The van der Waals surface area contributed by atoms with Gasteiger partial charge in [0, 0.05) is 11.8 Å². The number of hydrogen-bond donors (Lipinski definition) is 0. The minimum atomic E-state index is 0.182. The van der Waals surface area contributed by atoms with Gasteiger partial charge in [0.05, 0.1) is 0 Å². The lowest BCUT2D eigenvalue weighted by atomic mass is 9.79. The van der Waals surface area contributed by atoms with Gasteiger partial charge in [-0.1, -0.05) is 208 Å². The van der Waals surface area contributed by atoms with Gasteiger partial charge in [0.2, 0.25) is 0 Å². The maximum Gasteiger partial charge on any atom is 0.0136 e. The fraction of sp³-hybridized carbons (Fsp3) is 0.0943. The Morgan fingerprint density at radius 3 is 1.87 bits per heavy atom. The molecule has 0 fully saturated rings. The van der Waals surface area contributed by atoms with E-state index in [1.807, 2.05) is 0 Å². The van der Waals surface area contributed by atoms with E-state index in [0.717, 1.165) is 17.6 Å². The van der Waals surface area contributed by atoms with Gasteiger partial charge in [-0.15, -0.1) is 0 Å². The molecule has 0 aromatic heterocycles. The number of hydrogen-bond acceptors (Lipinski definition) is 0. The van der Waals surface area contributed by atoms with Crippen molar-refractivity contribution in [3.63, 3.8) is 0 Å². The highest BCUT2D eigenvalue weighted by molar-refractivity contribution is 5.84. The van der Waals surface area contributed by atoms with Crippen LogP contribution in [0.4, 0.5) is 0 Å². The van der Waals surface area contributed by atoms with Crippen molar-refractivity contribution in [2.75, 3.05) is 0 Å². The first-order valence-corrected chi connectivity index (χ1v) is 18.7. The number of rotatable bonds is 10. The maximum atomic E-state index is 4.65. The van der Waals surface area contributed by atoms with Crippen molar-refractivity contribution >= 4 is 5.57 Å². The van der Waals surface area contributed by atoms with Gasteiger partial charge in [-0.3, -0.25) is 0 Å². The van der Waals surface area contributed by atoms with Crippen LogP contribution in [0.15, 0.2) is 213 Å². The highest BCUT2D eigenvalue weighted by atomic mass is 14.3. The number of benzene rings is 7. The quantitative estimate of drug-likeness (QED) is 0.135. The fourth-order valence-electron chi connectivity index (χ4n) is 7.91. The van der Waals surface area contributed by atoms with Crippen LogP contribution in [-0.4, -0.2) is 0 Å². The summed E-state index contributed by atoms with van der Waals surface area (Å²) >= 11 is 0. The van der Waals surface area contributed by atoms with Gasteiger partial charge >= 0.3 is 0 Å². The lowest BCUT2D eigenvalue weighted by Gasteiger charge is -2.25. The average Bonchev–Trinajstić information content (AvgIpc) is 3.24. The third-order valence-electron chi connectivity index (χ3n) is 10.8. The van der Waals surface area contributed by atoms with E-state index >= 15 is 0 Å². The molecule has 0 saturated heterocycles. The van der Waals surface area contributed by atoms with E-state index < -0.39 is 0 Å². The van der Waals surface area contributed by atoms with E-state index in [0.29, 0.717) is 11.8 Å². The van der Waals surface area contributed by atoms with E-state index in [1.54, 1.807) is 0 Å². The Hall–Kier alpha value is -6.24. The van der Waals surface area contributed by atoms with Gasteiger partial charge in [0.15, 0.2) is 0 Å². The zero-order valence-corrected chi connectivity index (χ0v) is 30.3. The van der Waals surface area contributed by atoms with Crippen LogP contribution in [0.3, 0.4) is 0 Å². The van der Waals surface area contributed by atoms with Gasteiger partial charge in [0.1, 0.15) is 0 Å². The molecule has 53 heavy (non-hydrogen) atoms. The fourth-order valence-corrected chi connectivity index (χ4v) is 7.91. The second kappa shape index (κ2) is 15.6. The summed E-state index contributed by atoms with van der Waals surface area (Å²) in [7, 11) is 0. The Balaban J connectivity index is 1.19. The highest BCUT2D eigenvalue weighted by Gasteiger charge is 2.23. The van der Waals surface area contributed by atoms with Crippen molar-refractivity contribution in [2.45, 2.75) is 25.2 Å².